The maximum absolute atomic E-state index is 6.06. The number of hydrogen-bond acceptors (Lipinski definition) is 3. The molecule has 1 saturated heterocycles. The molecule has 0 radical (unpaired) electrons. The molecule has 0 saturated carbocycles. The van der Waals surface area contributed by atoms with E-state index < -0.39 is 5.79 Å². The van der Waals surface area contributed by atoms with Gasteiger partial charge in [-0.1, -0.05) is 18.6 Å². The average Bonchev–Trinajstić information content (AvgIpc) is 2.22. The summed E-state index contributed by atoms with van der Waals surface area (Å²) in [5, 5.41) is 0. The average molecular weight is 255 g/mol. The van der Waals surface area contributed by atoms with E-state index in [0.29, 0.717) is 12.5 Å². The molecule has 0 spiro atoms. The van der Waals surface area contributed by atoms with E-state index in [0.717, 1.165) is 12.8 Å². The second-order valence-corrected chi connectivity index (χ2v) is 6.23. The molecule has 3 heteroatoms. The van der Waals surface area contributed by atoms with Crippen molar-refractivity contribution in [3.05, 3.63) is 11.6 Å². The van der Waals surface area contributed by atoms with E-state index >= 15 is 0 Å². The van der Waals surface area contributed by atoms with Crippen LogP contribution in [-0.4, -0.2) is 24.5 Å². The van der Waals surface area contributed by atoms with Crippen LogP contribution in [0.25, 0.3) is 0 Å². The van der Waals surface area contributed by atoms with Crippen LogP contribution < -0.4 is 5.73 Å². The minimum atomic E-state index is -0.486. The zero-order valence-electron chi connectivity index (χ0n) is 12.5. The van der Waals surface area contributed by atoms with E-state index in [1.807, 2.05) is 13.8 Å². The second kappa shape index (κ2) is 6.69. The summed E-state index contributed by atoms with van der Waals surface area (Å²) >= 11 is 0. The van der Waals surface area contributed by atoms with Crippen LogP contribution in [0.1, 0.15) is 53.9 Å². The molecule has 0 aromatic carbocycles. The molecule has 0 bridgehead atoms. The van der Waals surface area contributed by atoms with Gasteiger partial charge >= 0.3 is 0 Å². The molecule has 3 nitrogen and oxygen atoms in total. The molecule has 1 heterocycles. The Bertz CT molecular complexity index is 282. The molecule has 1 aliphatic heterocycles. The first kappa shape index (κ1) is 15.7. The molecule has 2 N–H and O–H groups in total. The van der Waals surface area contributed by atoms with Gasteiger partial charge in [-0.2, -0.15) is 0 Å². The normalized spacial score (nSPS) is 28.8. The van der Waals surface area contributed by atoms with Crippen LogP contribution in [0.15, 0.2) is 11.6 Å². The molecule has 1 rings (SSSR count). The zero-order chi connectivity index (χ0) is 13.8. The summed E-state index contributed by atoms with van der Waals surface area (Å²) in [6.07, 6.45) is 5.77. The summed E-state index contributed by atoms with van der Waals surface area (Å²) in [6, 6.07) is 0.00364. The third-order valence-corrected chi connectivity index (χ3v) is 3.38. The third-order valence-electron chi connectivity index (χ3n) is 3.38. The largest absolute Gasteiger partial charge is 0.349 e. The van der Waals surface area contributed by atoms with Gasteiger partial charge < -0.3 is 15.2 Å². The Hall–Kier alpha value is -0.380. The van der Waals surface area contributed by atoms with Gasteiger partial charge in [-0.15, -0.1) is 0 Å². The molecule has 3 unspecified atom stereocenters. The highest BCUT2D eigenvalue weighted by Crippen LogP contribution is 2.26. The highest BCUT2D eigenvalue weighted by atomic mass is 16.7. The highest BCUT2D eigenvalue weighted by molar-refractivity contribution is 4.93. The Morgan fingerprint density at radius 3 is 2.72 bits per heavy atom. The van der Waals surface area contributed by atoms with E-state index in [1.165, 1.54) is 12.0 Å². The van der Waals surface area contributed by atoms with Crippen LogP contribution in [0.3, 0.4) is 0 Å². The van der Waals surface area contributed by atoms with Crippen molar-refractivity contribution in [1.82, 2.24) is 0 Å². The van der Waals surface area contributed by atoms with Crippen molar-refractivity contribution < 1.29 is 9.47 Å². The van der Waals surface area contributed by atoms with Crippen molar-refractivity contribution in [1.29, 1.82) is 0 Å². The quantitative estimate of drug-likeness (QED) is 0.767. The lowest BCUT2D eigenvalue weighted by molar-refractivity contribution is -0.281. The Balaban J connectivity index is 2.37. The van der Waals surface area contributed by atoms with Crippen LogP contribution in [0.5, 0.6) is 0 Å². The minimum absolute atomic E-state index is 0.00364. The Morgan fingerprint density at radius 2 is 2.11 bits per heavy atom. The van der Waals surface area contributed by atoms with Crippen molar-refractivity contribution in [3.8, 4) is 0 Å². The molecule has 0 aromatic rings. The monoisotopic (exact) mass is 255 g/mol. The zero-order valence-corrected chi connectivity index (χ0v) is 12.5. The fourth-order valence-electron chi connectivity index (χ4n) is 2.28. The summed E-state index contributed by atoms with van der Waals surface area (Å²) in [5.41, 5.74) is 7.45. The fraction of sp³-hybridized carbons (Fsp3) is 0.867. The molecule has 0 amide bonds. The molecule has 3 atom stereocenters. The lowest BCUT2D eigenvalue weighted by atomic mass is 9.94. The van der Waals surface area contributed by atoms with E-state index in [-0.39, 0.29) is 12.1 Å². The highest BCUT2D eigenvalue weighted by Gasteiger charge is 2.35. The van der Waals surface area contributed by atoms with Gasteiger partial charge in [-0.3, -0.25) is 0 Å². The molecule has 1 aliphatic rings. The molecule has 1 fully saturated rings. The second-order valence-electron chi connectivity index (χ2n) is 6.23. The molecule has 0 aromatic heterocycles. The number of hydrogen-bond donors (Lipinski definition) is 1. The Labute approximate surface area is 112 Å². The molecule has 0 aliphatic carbocycles. The third kappa shape index (κ3) is 5.51. The van der Waals surface area contributed by atoms with Crippen molar-refractivity contribution >= 4 is 0 Å². The van der Waals surface area contributed by atoms with Crippen LogP contribution in [-0.2, 0) is 9.47 Å². The van der Waals surface area contributed by atoms with Gasteiger partial charge in [0.25, 0.3) is 0 Å². The summed E-state index contributed by atoms with van der Waals surface area (Å²) in [6.45, 7) is 11.1. The molecular weight excluding hydrogens is 226 g/mol. The first-order valence-electron chi connectivity index (χ1n) is 7.01. The fourth-order valence-corrected chi connectivity index (χ4v) is 2.28. The summed E-state index contributed by atoms with van der Waals surface area (Å²) in [4.78, 5) is 0. The van der Waals surface area contributed by atoms with Gasteiger partial charge in [0.05, 0.1) is 18.8 Å². The van der Waals surface area contributed by atoms with Crippen LogP contribution in [0.2, 0.25) is 0 Å². The van der Waals surface area contributed by atoms with Crippen molar-refractivity contribution in [2.75, 3.05) is 6.61 Å². The van der Waals surface area contributed by atoms with Crippen molar-refractivity contribution in [2.45, 2.75) is 71.8 Å². The van der Waals surface area contributed by atoms with Crippen LogP contribution >= 0.6 is 0 Å². The summed E-state index contributed by atoms with van der Waals surface area (Å²) in [7, 11) is 0. The summed E-state index contributed by atoms with van der Waals surface area (Å²) in [5.74, 6) is 0.144. The van der Waals surface area contributed by atoms with Crippen molar-refractivity contribution in [3.63, 3.8) is 0 Å². The lowest BCUT2D eigenvalue weighted by Crippen LogP contribution is -2.53. The first-order valence-corrected chi connectivity index (χ1v) is 7.01. The van der Waals surface area contributed by atoms with Gasteiger partial charge in [0.15, 0.2) is 5.79 Å². The summed E-state index contributed by atoms with van der Waals surface area (Å²) < 4.78 is 11.5. The first-order chi connectivity index (χ1) is 8.30. The Kier molecular flexibility index (Phi) is 5.83. The Morgan fingerprint density at radius 1 is 1.44 bits per heavy atom. The number of rotatable bonds is 5. The van der Waals surface area contributed by atoms with Gasteiger partial charge in [0.1, 0.15) is 0 Å². The predicted octanol–water partition coefficient (Wildman–Crippen LogP) is 3.24. The van der Waals surface area contributed by atoms with Gasteiger partial charge in [-0.05, 0) is 52.9 Å². The standard InChI is InChI=1S/C15H29NO2/c1-11(2)7-6-8-12(3)9-14-13(16)10-17-15(4,5)18-14/h7,12-14H,6,8-10,16H2,1-5H3. The molecule has 106 valence electrons. The van der Waals surface area contributed by atoms with Gasteiger partial charge in [0, 0.05) is 0 Å². The maximum atomic E-state index is 6.06. The topological polar surface area (TPSA) is 44.5 Å². The van der Waals surface area contributed by atoms with Crippen LogP contribution in [0.4, 0.5) is 0 Å². The maximum Gasteiger partial charge on any atom is 0.163 e. The number of ether oxygens (including phenoxy) is 2. The van der Waals surface area contributed by atoms with Gasteiger partial charge in [0.2, 0.25) is 0 Å². The van der Waals surface area contributed by atoms with E-state index in [9.17, 15) is 0 Å². The van der Waals surface area contributed by atoms with E-state index in [1.54, 1.807) is 0 Å². The van der Waals surface area contributed by atoms with E-state index in [4.69, 9.17) is 15.2 Å². The molecular formula is C15H29NO2. The van der Waals surface area contributed by atoms with Crippen LogP contribution in [0, 0.1) is 5.92 Å². The number of nitrogens with two attached hydrogens (primary N) is 1. The SMILES string of the molecule is CC(C)=CCCC(C)CC1OC(C)(C)OCC1N. The van der Waals surface area contributed by atoms with E-state index in [2.05, 4.69) is 26.8 Å². The smallest absolute Gasteiger partial charge is 0.163 e. The predicted molar refractivity (Wildman–Crippen MR) is 75.3 cm³/mol. The van der Waals surface area contributed by atoms with Gasteiger partial charge in [-0.25, -0.2) is 0 Å². The molecule has 18 heavy (non-hydrogen) atoms. The number of allylic oxidation sites excluding steroid dienone is 2. The van der Waals surface area contributed by atoms with Crippen molar-refractivity contribution in [2.24, 2.45) is 11.7 Å². The minimum Gasteiger partial charge on any atom is -0.349 e. The lowest BCUT2D eigenvalue weighted by Gasteiger charge is -2.40.